The first-order valence-electron chi connectivity index (χ1n) is 7.97. The first kappa shape index (κ1) is 17.7. The lowest BCUT2D eigenvalue weighted by Crippen LogP contribution is -2.31. The molecule has 0 radical (unpaired) electrons. The molecule has 3 aromatic rings. The molecule has 0 aliphatic heterocycles. The maximum Gasteiger partial charge on any atom is 0.335 e. The van der Waals surface area contributed by atoms with E-state index < -0.39 is 17.1 Å². The van der Waals surface area contributed by atoms with Gasteiger partial charge in [0.15, 0.2) is 0 Å². The molecule has 0 amide bonds. The normalized spacial score (nSPS) is 11.2. The third-order valence-corrected chi connectivity index (χ3v) is 4.12. The van der Waals surface area contributed by atoms with Gasteiger partial charge >= 0.3 is 5.69 Å². The molecule has 3 rings (SSSR count). The van der Waals surface area contributed by atoms with Crippen molar-refractivity contribution in [2.24, 2.45) is 4.99 Å². The third kappa shape index (κ3) is 3.45. The van der Waals surface area contributed by atoms with E-state index in [-0.39, 0.29) is 5.56 Å². The van der Waals surface area contributed by atoms with E-state index in [4.69, 9.17) is 11.6 Å². The van der Waals surface area contributed by atoms with E-state index in [1.54, 1.807) is 36.4 Å². The fraction of sp³-hybridized carbons (Fsp3) is 0.105. The molecule has 0 spiro atoms. The Morgan fingerprint density at radius 3 is 2.69 bits per heavy atom. The smallest absolute Gasteiger partial charge is 0.335 e. The Hall–Kier alpha value is -3.12. The molecule has 7 heteroatoms. The molecule has 1 heterocycles. The molecule has 2 aromatic carbocycles. The molecule has 0 unspecified atom stereocenters. The molecular formula is C19H16ClN3O3. The zero-order valence-corrected chi connectivity index (χ0v) is 14.7. The molecular weight excluding hydrogens is 354 g/mol. The van der Waals surface area contributed by atoms with Crippen LogP contribution >= 0.6 is 11.6 Å². The lowest BCUT2D eigenvalue weighted by atomic mass is 10.1. The van der Waals surface area contributed by atoms with Crippen LogP contribution < -0.4 is 11.2 Å². The number of para-hydroxylation sites is 1. The van der Waals surface area contributed by atoms with Gasteiger partial charge < -0.3 is 5.11 Å². The van der Waals surface area contributed by atoms with Gasteiger partial charge in [-0.3, -0.25) is 14.8 Å². The number of aromatic nitrogens is 2. The highest BCUT2D eigenvalue weighted by atomic mass is 35.5. The fourth-order valence-corrected chi connectivity index (χ4v) is 2.79. The van der Waals surface area contributed by atoms with Crippen LogP contribution in [0.4, 0.5) is 5.69 Å². The van der Waals surface area contributed by atoms with Crippen LogP contribution in [0, 0.1) is 0 Å². The van der Waals surface area contributed by atoms with E-state index in [1.165, 1.54) is 6.21 Å². The Kier molecular flexibility index (Phi) is 5.04. The summed E-state index contributed by atoms with van der Waals surface area (Å²) in [6, 6.07) is 13.9. The van der Waals surface area contributed by atoms with Crippen molar-refractivity contribution >= 4 is 23.5 Å². The molecule has 1 aromatic heterocycles. The van der Waals surface area contributed by atoms with Crippen LogP contribution in [0.25, 0.3) is 5.69 Å². The molecule has 0 saturated heterocycles. The Morgan fingerprint density at radius 1 is 1.19 bits per heavy atom. The van der Waals surface area contributed by atoms with Crippen LogP contribution in [0.3, 0.4) is 0 Å². The van der Waals surface area contributed by atoms with Crippen LogP contribution in [0.5, 0.6) is 5.88 Å². The second-order valence-corrected chi connectivity index (χ2v) is 5.99. The number of H-pyrrole nitrogens is 1. The summed E-state index contributed by atoms with van der Waals surface area (Å²) in [4.78, 5) is 30.8. The molecule has 0 atom stereocenters. The van der Waals surface area contributed by atoms with Crippen molar-refractivity contribution in [3.63, 3.8) is 0 Å². The highest BCUT2D eigenvalue weighted by Gasteiger charge is 2.15. The van der Waals surface area contributed by atoms with Crippen molar-refractivity contribution in [1.82, 2.24) is 9.55 Å². The quantitative estimate of drug-likeness (QED) is 0.692. The zero-order chi connectivity index (χ0) is 18.7. The summed E-state index contributed by atoms with van der Waals surface area (Å²) < 4.78 is 1.07. The summed E-state index contributed by atoms with van der Waals surface area (Å²) in [5, 5.41) is 11.1. The van der Waals surface area contributed by atoms with E-state index >= 15 is 0 Å². The Balaban J connectivity index is 2.16. The number of hydrogen-bond acceptors (Lipinski definition) is 4. The van der Waals surface area contributed by atoms with Gasteiger partial charge in [-0.25, -0.2) is 9.36 Å². The SMILES string of the molecule is CCc1ccccc1-n1c(O)c(C=Nc2cccc(Cl)c2)c(=O)[nH]c1=O. The molecule has 0 saturated carbocycles. The predicted molar refractivity (Wildman–Crippen MR) is 102 cm³/mol. The maximum absolute atomic E-state index is 12.3. The van der Waals surface area contributed by atoms with Gasteiger partial charge in [-0.05, 0) is 36.2 Å². The summed E-state index contributed by atoms with van der Waals surface area (Å²) in [6.07, 6.45) is 1.87. The monoisotopic (exact) mass is 369 g/mol. The second-order valence-electron chi connectivity index (χ2n) is 5.55. The molecule has 2 N–H and O–H groups in total. The van der Waals surface area contributed by atoms with Crippen molar-refractivity contribution in [2.45, 2.75) is 13.3 Å². The van der Waals surface area contributed by atoms with Gasteiger partial charge in [0, 0.05) is 11.2 Å². The first-order chi connectivity index (χ1) is 12.5. The molecule has 0 aliphatic rings. The summed E-state index contributed by atoms with van der Waals surface area (Å²) in [6.45, 7) is 1.94. The number of aromatic amines is 1. The number of nitrogens with one attached hydrogen (secondary N) is 1. The summed E-state index contributed by atoms with van der Waals surface area (Å²) >= 11 is 5.91. The summed E-state index contributed by atoms with van der Waals surface area (Å²) in [7, 11) is 0. The van der Waals surface area contributed by atoms with Gasteiger partial charge in [0.1, 0.15) is 5.56 Å². The minimum absolute atomic E-state index is 0.115. The van der Waals surface area contributed by atoms with E-state index in [1.807, 2.05) is 19.1 Å². The average molecular weight is 370 g/mol. The van der Waals surface area contributed by atoms with Crippen LogP contribution in [-0.2, 0) is 6.42 Å². The maximum atomic E-state index is 12.3. The topological polar surface area (TPSA) is 87.4 Å². The molecule has 0 aliphatic carbocycles. The number of nitrogens with zero attached hydrogens (tertiary/aromatic N) is 2. The molecule has 132 valence electrons. The van der Waals surface area contributed by atoms with Crippen LogP contribution in [0.2, 0.25) is 5.02 Å². The highest BCUT2D eigenvalue weighted by molar-refractivity contribution is 6.30. The molecule has 0 fully saturated rings. The minimum Gasteiger partial charge on any atom is -0.493 e. The summed E-state index contributed by atoms with van der Waals surface area (Å²) in [5.41, 5.74) is 0.330. The highest BCUT2D eigenvalue weighted by Crippen LogP contribution is 2.21. The number of rotatable bonds is 4. The number of benzene rings is 2. The first-order valence-corrected chi connectivity index (χ1v) is 8.35. The van der Waals surface area contributed by atoms with Crippen LogP contribution in [0.15, 0.2) is 63.1 Å². The largest absolute Gasteiger partial charge is 0.493 e. The number of aromatic hydroxyl groups is 1. The van der Waals surface area contributed by atoms with E-state index in [2.05, 4.69) is 9.98 Å². The van der Waals surface area contributed by atoms with Crippen molar-refractivity contribution < 1.29 is 5.11 Å². The third-order valence-electron chi connectivity index (χ3n) is 3.89. The number of halogens is 1. The molecule has 26 heavy (non-hydrogen) atoms. The number of aryl methyl sites for hydroxylation is 1. The number of hydrogen-bond donors (Lipinski definition) is 2. The fourth-order valence-electron chi connectivity index (χ4n) is 2.60. The zero-order valence-electron chi connectivity index (χ0n) is 13.9. The van der Waals surface area contributed by atoms with Crippen molar-refractivity contribution in [3.05, 3.63) is 85.5 Å². The number of aliphatic imine (C=N–C) groups is 1. The lowest BCUT2D eigenvalue weighted by molar-refractivity contribution is 0.429. The minimum atomic E-state index is -0.719. The van der Waals surface area contributed by atoms with Crippen molar-refractivity contribution in [1.29, 1.82) is 0 Å². The van der Waals surface area contributed by atoms with Gasteiger partial charge in [-0.15, -0.1) is 0 Å². The van der Waals surface area contributed by atoms with Crippen LogP contribution in [0.1, 0.15) is 18.1 Å². The summed E-state index contributed by atoms with van der Waals surface area (Å²) in [5.74, 6) is -0.467. The van der Waals surface area contributed by atoms with Crippen molar-refractivity contribution in [3.8, 4) is 11.6 Å². The average Bonchev–Trinajstić information content (AvgIpc) is 2.61. The van der Waals surface area contributed by atoms with Gasteiger partial charge in [-0.2, -0.15) is 0 Å². The van der Waals surface area contributed by atoms with Gasteiger partial charge in [0.2, 0.25) is 5.88 Å². The lowest BCUT2D eigenvalue weighted by Gasteiger charge is -2.13. The van der Waals surface area contributed by atoms with Crippen molar-refractivity contribution in [2.75, 3.05) is 0 Å². The predicted octanol–water partition coefficient (Wildman–Crippen LogP) is 3.20. The second kappa shape index (κ2) is 7.41. The van der Waals surface area contributed by atoms with Gasteiger partial charge in [0.25, 0.3) is 5.56 Å². The van der Waals surface area contributed by atoms with Crippen LogP contribution in [-0.4, -0.2) is 20.9 Å². The van der Waals surface area contributed by atoms with E-state index in [0.29, 0.717) is 22.8 Å². The van der Waals surface area contributed by atoms with Gasteiger partial charge in [-0.1, -0.05) is 42.8 Å². The molecule has 6 nitrogen and oxygen atoms in total. The van der Waals surface area contributed by atoms with E-state index in [0.717, 1.165) is 10.1 Å². The Labute approximate surface area is 154 Å². The Bertz CT molecular complexity index is 1100. The van der Waals surface area contributed by atoms with Gasteiger partial charge in [0.05, 0.1) is 11.4 Å². The standard InChI is InChI=1S/C19H16ClN3O3/c1-2-12-6-3-4-9-16(12)23-18(25)15(17(24)22-19(23)26)11-21-14-8-5-7-13(20)10-14/h3-11,25H,2H2,1H3,(H,22,24,26). The van der Waals surface area contributed by atoms with E-state index in [9.17, 15) is 14.7 Å². The Morgan fingerprint density at radius 2 is 1.96 bits per heavy atom. The molecule has 0 bridgehead atoms.